The van der Waals surface area contributed by atoms with Crippen molar-refractivity contribution >= 4 is 23.5 Å². The second-order valence-corrected chi connectivity index (χ2v) is 6.42. The number of hydrogen-bond donors (Lipinski definition) is 2. The summed E-state index contributed by atoms with van der Waals surface area (Å²) in [5.41, 5.74) is 2.24. The highest BCUT2D eigenvalue weighted by Gasteiger charge is 2.11. The number of methoxy groups -OCH3 is 1. The van der Waals surface area contributed by atoms with Crippen LogP contribution in [0.3, 0.4) is 0 Å². The third-order valence-corrected chi connectivity index (χ3v) is 4.17. The van der Waals surface area contributed by atoms with Crippen LogP contribution in [0.25, 0.3) is 0 Å². The number of amides is 2. The third-order valence-electron chi connectivity index (χ3n) is 4.17. The van der Waals surface area contributed by atoms with Crippen molar-refractivity contribution in [1.29, 1.82) is 0 Å². The average molecular weight is 398 g/mol. The lowest BCUT2D eigenvalue weighted by molar-refractivity contribution is -0.146. The Hall–Kier alpha value is -3.35. The summed E-state index contributed by atoms with van der Waals surface area (Å²) in [6.07, 6.45) is 3.26. The van der Waals surface area contributed by atoms with Gasteiger partial charge in [0.05, 0.1) is 7.11 Å². The fourth-order valence-corrected chi connectivity index (χ4v) is 2.53. The van der Waals surface area contributed by atoms with Crippen LogP contribution in [-0.2, 0) is 20.7 Å². The van der Waals surface area contributed by atoms with Crippen molar-refractivity contribution in [2.45, 2.75) is 26.2 Å². The van der Waals surface area contributed by atoms with Crippen LogP contribution in [0, 0.1) is 0 Å². The van der Waals surface area contributed by atoms with E-state index in [4.69, 9.17) is 9.47 Å². The van der Waals surface area contributed by atoms with Crippen molar-refractivity contribution in [2.24, 2.45) is 0 Å². The molecule has 154 valence electrons. The Morgan fingerprint density at radius 1 is 0.966 bits per heavy atom. The van der Waals surface area contributed by atoms with Crippen LogP contribution in [0.15, 0.2) is 48.5 Å². The van der Waals surface area contributed by atoms with Crippen LogP contribution in [0.5, 0.6) is 5.75 Å². The Labute approximate surface area is 170 Å². The van der Waals surface area contributed by atoms with Gasteiger partial charge in [-0.1, -0.05) is 25.5 Å². The van der Waals surface area contributed by atoms with Crippen LogP contribution in [0.2, 0.25) is 0 Å². The zero-order chi connectivity index (χ0) is 21.1. The molecule has 0 aliphatic heterocycles. The molecule has 0 aromatic heterocycles. The minimum atomic E-state index is -0.697. The number of unbranched alkanes of at least 4 members (excludes halogenated alkanes) is 1. The number of carbonyl (C=O) groups excluding carboxylic acids is 3. The molecule has 7 nitrogen and oxygen atoms in total. The molecule has 0 bridgehead atoms. The van der Waals surface area contributed by atoms with Crippen molar-refractivity contribution in [2.75, 3.05) is 25.6 Å². The second kappa shape index (κ2) is 11.5. The normalized spacial score (nSPS) is 10.1. The minimum absolute atomic E-state index is 0.329. The molecule has 2 N–H and O–H groups in total. The summed E-state index contributed by atoms with van der Waals surface area (Å²) in [6, 6.07) is 14.0. The van der Waals surface area contributed by atoms with Crippen LogP contribution in [0.4, 0.5) is 5.69 Å². The number of carbonyl (C=O) groups is 3. The minimum Gasteiger partial charge on any atom is -0.497 e. The van der Waals surface area contributed by atoms with E-state index in [1.165, 1.54) is 12.7 Å². The summed E-state index contributed by atoms with van der Waals surface area (Å²) in [5, 5.41) is 5.11. The first kappa shape index (κ1) is 21.9. The Morgan fingerprint density at radius 2 is 1.66 bits per heavy atom. The number of rotatable bonds is 10. The van der Waals surface area contributed by atoms with E-state index in [0.717, 1.165) is 19.3 Å². The van der Waals surface area contributed by atoms with Crippen LogP contribution in [-0.4, -0.2) is 38.0 Å². The van der Waals surface area contributed by atoms with Gasteiger partial charge in [-0.05, 0) is 54.8 Å². The largest absolute Gasteiger partial charge is 0.497 e. The van der Waals surface area contributed by atoms with Crippen molar-refractivity contribution in [1.82, 2.24) is 5.32 Å². The average Bonchev–Trinajstić information content (AvgIpc) is 2.75. The van der Waals surface area contributed by atoms with E-state index >= 15 is 0 Å². The van der Waals surface area contributed by atoms with E-state index in [1.807, 2.05) is 24.3 Å². The van der Waals surface area contributed by atoms with Crippen LogP contribution in [0.1, 0.15) is 35.7 Å². The molecular formula is C22H26N2O5. The fourth-order valence-electron chi connectivity index (χ4n) is 2.53. The summed E-state index contributed by atoms with van der Waals surface area (Å²) in [5.74, 6) is -0.933. The van der Waals surface area contributed by atoms with Crippen molar-refractivity contribution < 1.29 is 23.9 Å². The molecule has 0 saturated carbocycles. The monoisotopic (exact) mass is 398 g/mol. The number of esters is 1. The first-order valence-corrected chi connectivity index (χ1v) is 9.48. The molecule has 0 heterocycles. The molecule has 0 aliphatic carbocycles. The Kier molecular flexibility index (Phi) is 8.69. The van der Waals surface area contributed by atoms with Gasteiger partial charge in [-0.15, -0.1) is 0 Å². The zero-order valence-corrected chi connectivity index (χ0v) is 16.7. The van der Waals surface area contributed by atoms with Crippen molar-refractivity contribution in [3.8, 4) is 5.75 Å². The van der Waals surface area contributed by atoms with Crippen LogP contribution < -0.4 is 15.4 Å². The third kappa shape index (κ3) is 7.65. The molecular weight excluding hydrogens is 372 g/mol. The molecule has 7 heteroatoms. The Bertz CT molecular complexity index is 816. The summed E-state index contributed by atoms with van der Waals surface area (Å²) >= 11 is 0. The maximum absolute atomic E-state index is 12.0. The van der Waals surface area contributed by atoms with Gasteiger partial charge in [0.15, 0.2) is 6.61 Å². The van der Waals surface area contributed by atoms with Gasteiger partial charge < -0.3 is 20.1 Å². The lowest BCUT2D eigenvalue weighted by Crippen LogP contribution is -2.32. The number of hydrogen-bond acceptors (Lipinski definition) is 5. The quantitative estimate of drug-likeness (QED) is 0.600. The van der Waals surface area contributed by atoms with Gasteiger partial charge >= 0.3 is 5.97 Å². The first-order chi connectivity index (χ1) is 14.0. The van der Waals surface area contributed by atoms with E-state index in [0.29, 0.717) is 17.0 Å². The zero-order valence-electron chi connectivity index (χ0n) is 16.7. The Balaban J connectivity index is 1.69. The van der Waals surface area contributed by atoms with Gasteiger partial charge in [-0.2, -0.15) is 0 Å². The van der Waals surface area contributed by atoms with Gasteiger partial charge in [-0.3, -0.25) is 14.4 Å². The number of anilines is 1. The molecule has 0 fully saturated rings. The SMILES string of the molecule is CCCCc1ccc(NC(=O)COC(=O)CNC(=O)c2ccc(OC)cc2)cc1. The predicted octanol–water partition coefficient (Wildman–Crippen LogP) is 2.95. The summed E-state index contributed by atoms with van der Waals surface area (Å²) in [4.78, 5) is 35.6. The Morgan fingerprint density at radius 3 is 2.28 bits per heavy atom. The van der Waals surface area contributed by atoms with E-state index in [9.17, 15) is 14.4 Å². The smallest absolute Gasteiger partial charge is 0.325 e. The topological polar surface area (TPSA) is 93.7 Å². The molecule has 0 atom stereocenters. The van der Waals surface area contributed by atoms with Gasteiger partial charge in [0.25, 0.3) is 11.8 Å². The molecule has 0 spiro atoms. The van der Waals surface area contributed by atoms with E-state index in [-0.39, 0.29) is 6.54 Å². The molecule has 2 rings (SSSR count). The fraction of sp³-hybridized carbons (Fsp3) is 0.318. The second-order valence-electron chi connectivity index (χ2n) is 6.42. The number of aryl methyl sites for hydroxylation is 1. The van der Waals surface area contributed by atoms with Crippen LogP contribution >= 0.6 is 0 Å². The summed E-state index contributed by atoms with van der Waals surface area (Å²) < 4.78 is 9.91. The summed E-state index contributed by atoms with van der Waals surface area (Å²) in [6.45, 7) is 1.39. The lowest BCUT2D eigenvalue weighted by Gasteiger charge is -2.08. The van der Waals surface area contributed by atoms with E-state index < -0.39 is 24.4 Å². The number of ether oxygens (including phenoxy) is 2. The first-order valence-electron chi connectivity index (χ1n) is 9.48. The maximum atomic E-state index is 12.0. The molecule has 0 saturated heterocycles. The van der Waals surface area contributed by atoms with Crippen molar-refractivity contribution in [3.63, 3.8) is 0 Å². The molecule has 0 aliphatic rings. The van der Waals surface area contributed by atoms with Gasteiger partial charge in [0, 0.05) is 11.3 Å². The standard InChI is InChI=1S/C22H26N2O5/c1-3-4-5-16-6-10-18(11-7-16)24-20(25)15-29-21(26)14-23-22(27)17-8-12-19(28-2)13-9-17/h6-13H,3-5,14-15H2,1-2H3,(H,23,27)(H,24,25). The van der Waals surface area contributed by atoms with Gasteiger partial charge in [0.2, 0.25) is 0 Å². The molecule has 0 unspecified atom stereocenters. The number of nitrogens with one attached hydrogen (secondary N) is 2. The lowest BCUT2D eigenvalue weighted by atomic mass is 10.1. The molecule has 2 amide bonds. The number of benzene rings is 2. The highest BCUT2D eigenvalue weighted by molar-refractivity contribution is 5.96. The van der Waals surface area contributed by atoms with E-state index in [1.54, 1.807) is 24.3 Å². The highest BCUT2D eigenvalue weighted by Crippen LogP contribution is 2.12. The molecule has 2 aromatic rings. The molecule has 2 aromatic carbocycles. The van der Waals surface area contributed by atoms with Crippen molar-refractivity contribution in [3.05, 3.63) is 59.7 Å². The molecule has 0 radical (unpaired) electrons. The van der Waals surface area contributed by atoms with Gasteiger partial charge in [0.1, 0.15) is 12.3 Å². The predicted molar refractivity (Wildman–Crippen MR) is 110 cm³/mol. The highest BCUT2D eigenvalue weighted by atomic mass is 16.5. The van der Waals surface area contributed by atoms with E-state index in [2.05, 4.69) is 17.6 Å². The van der Waals surface area contributed by atoms with Gasteiger partial charge in [-0.25, -0.2) is 0 Å². The summed E-state index contributed by atoms with van der Waals surface area (Å²) in [7, 11) is 1.53. The maximum Gasteiger partial charge on any atom is 0.325 e. The molecule has 29 heavy (non-hydrogen) atoms.